The second kappa shape index (κ2) is 9.73. The van der Waals surface area contributed by atoms with Crippen LogP contribution >= 0.6 is 0 Å². The summed E-state index contributed by atoms with van der Waals surface area (Å²) in [4.78, 5) is 27.7. The summed E-state index contributed by atoms with van der Waals surface area (Å²) in [5, 5.41) is 23.4. The Bertz CT molecular complexity index is 1210. The molecule has 32 heavy (non-hydrogen) atoms. The Balaban J connectivity index is 1.33. The number of hydrogen-bond donors (Lipinski definition) is 5. The molecule has 0 radical (unpaired) electrons. The Morgan fingerprint density at radius 2 is 2.06 bits per heavy atom. The smallest absolute Gasteiger partial charge is 0.220 e. The lowest BCUT2D eigenvalue weighted by Crippen LogP contribution is -2.38. The molecule has 0 fully saturated rings. The molecule has 0 unspecified atom stereocenters. The summed E-state index contributed by atoms with van der Waals surface area (Å²) in [7, 11) is 0. The highest BCUT2D eigenvalue weighted by Crippen LogP contribution is 2.21. The van der Waals surface area contributed by atoms with Crippen LogP contribution < -0.4 is 11.1 Å². The largest absolute Gasteiger partial charge is 0.394 e. The molecule has 0 aliphatic heterocycles. The number of nitrogen functional groups attached to an aromatic ring is 1. The molecule has 4 rings (SSSR count). The maximum Gasteiger partial charge on any atom is 0.220 e. The average molecular weight is 439 g/mol. The Morgan fingerprint density at radius 3 is 2.88 bits per heavy atom. The van der Waals surface area contributed by atoms with E-state index in [0.717, 1.165) is 16.5 Å². The summed E-state index contributed by atoms with van der Waals surface area (Å²) < 4.78 is 7.31. The third kappa shape index (κ3) is 4.54. The first kappa shape index (κ1) is 21.7. The molecule has 0 aliphatic carbocycles. The molecule has 1 aromatic carbocycles. The van der Waals surface area contributed by atoms with Crippen LogP contribution in [0.3, 0.4) is 0 Å². The van der Waals surface area contributed by atoms with E-state index in [4.69, 9.17) is 10.5 Å². The van der Waals surface area contributed by atoms with Crippen LogP contribution in [0.1, 0.15) is 18.2 Å². The second-order valence-corrected chi connectivity index (χ2v) is 7.32. The number of aliphatic hydroxyl groups is 2. The monoisotopic (exact) mass is 439 g/mol. The molecule has 4 aromatic rings. The molecule has 168 valence electrons. The number of H-pyrrole nitrogens is 1. The fraction of sp³-hybridized carbons (Fsp3) is 0.333. The van der Waals surface area contributed by atoms with E-state index in [1.807, 2.05) is 30.5 Å². The van der Waals surface area contributed by atoms with E-state index in [2.05, 4.69) is 25.3 Å². The van der Waals surface area contributed by atoms with Gasteiger partial charge in [-0.25, -0.2) is 15.0 Å². The van der Waals surface area contributed by atoms with E-state index in [9.17, 15) is 15.0 Å². The van der Waals surface area contributed by atoms with Crippen LogP contribution in [-0.2, 0) is 16.0 Å². The molecule has 3 heterocycles. The lowest BCUT2D eigenvalue weighted by Gasteiger charge is -2.23. The highest BCUT2D eigenvalue weighted by molar-refractivity contribution is 5.84. The topological polar surface area (TPSA) is 164 Å². The van der Waals surface area contributed by atoms with Gasteiger partial charge >= 0.3 is 0 Å². The van der Waals surface area contributed by atoms with Crippen LogP contribution in [0.4, 0.5) is 5.82 Å². The zero-order chi connectivity index (χ0) is 22.5. The van der Waals surface area contributed by atoms with Crippen molar-refractivity contribution in [1.82, 2.24) is 29.8 Å². The highest BCUT2D eigenvalue weighted by atomic mass is 16.5. The molecule has 11 nitrogen and oxygen atoms in total. The number of para-hydroxylation sites is 1. The molecule has 0 aliphatic rings. The number of aryl methyl sites for hydroxylation is 1. The number of aromatic nitrogens is 5. The van der Waals surface area contributed by atoms with Gasteiger partial charge in [-0.1, -0.05) is 18.2 Å². The summed E-state index contributed by atoms with van der Waals surface area (Å²) in [5.41, 5.74) is 8.68. The van der Waals surface area contributed by atoms with Crippen molar-refractivity contribution in [1.29, 1.82) is 0 Å². The van der Waals surface area contributed by atoms with Crippen molar-refractivity contribution in [2.45, 2.75) is 25.2 Å². The molecule has 0 spiro atoms. The number of imidazole rings is 1. The first-order valence-corrected chi connectivity index (χ1v) is 10.2. The van der Waals surface area contributed by atoms with Gasteiger partial charge in [0.2, 0.25) is 5.91 Å². The number of fused-ring (bicyclic) bond motifs is 2. The molecular formula is C21H25N7O4. The van der Waals surface area contributed by atoms with Gasteiger partial charge in [0.1, 0.15) is 17.9 Å². The van der Waals surface area contributed by atoms with Gasteiger partial charge in [-0.3, -0.25) is 9.36 Å². The first-order chi connectivity index (χ1) is 15.6. The SMILES string of the molecule is Nc1ncnc2c1ncn2[C@@H](CO)O[C@@H](CO)CNC(=O)CCc1c[nH]c2ccccc12. The van der Waals surface area contributed by atoms with Crippen LogP contribution in [0.25, 0.3) is 22.1 Å². The third-order valence-corrected chi connectivity index (χ3v) is 5.23. The molecule has 6 N–H and O–H groups in total. The number of aliphatic hydroxyl groups excluding tert-OH is 2. The molecule has 2 atom stereocenters. The Morgan fingerprint density at radius 1 is 1.22 bits per heavy atom. The number of nitrogens with one attached hydrogen (secondary N) is 2. The summed E-state index contributed by atoms with van der Waals surface area (Å²) in [6, 6.07) is 7.93. The Hall–Kier alpha value is -3.54. The molecule has 0 saturated heterocycles. The molecular weight excluding hydrogens is 414 g/mol. The normalized spacial score (nSPS) is 13.4. The van der Waals surface area contributed by atoms with Gasteiger partial charge in [0.15, 0.2) is 17.7 Å². The number of hydrogen-bond acceptors (Lipinski definition) is 8. The van der Waals surface area contributed by atoms with Gasteiger partial charge in [0.05, 0.1) is 19.5 Å². The number of aromatic amines is 1. The number of carbonyl (C=O) groups excluding carboxylic acids is 1. The van der Waals surface area contributed by atoms with Gasteiger partial charge in [0, 0.05) is 30.1 Å². The van der Waals surface area contributed by atoms with Crippen molar-refractivity contribution >= 4 is 33.8 Å². The van der Waals surface area contributed by atoms with Crippen LogP contribution in [-0.4, -0.2) is 66.5 Å². The second-order valence-electron chi connectivity index (χ2n) is 7.32. The van der Waals surface area contributed by atoms with Crippen LogP contribution in [0.2, 0.25) is 0 Å². The number of carbonyl (C=O) groups is 1. The van der Waals surface area contributed by atoms with Crippen molar-refractivity contribution < 1.29 is 19.7 Å². The van der Waals surface area contributed by atoms with Gasteiger partial charge < -0.3 is 31.0 Å². The predicted molar refractivity (Wildman–Crippen MR) is 117 cm³/mol. The quantitative estimate of drug-likeness (QED) is 0.238. The minimum atomic E-state index is -0.866. The van der Waals surface area contributed by atoms with Gasteiger partial charge in [-0.2, -0.15) is 0 Å². The molecule has 0 bridgehead atoms. The predicted octanol–water partition coefficient (Wildman–Crippen LogP) is 0.507. The summed E-state index contributed by atoms with van der Waals surface area (Å²) >= 11 is 0. The number of benzene rings is 1. The number of nitrogens with two attached hydrogens (primary N) is 1. The summed E-state index contributed by atoms with van der Waals surface area (Å²) in [6.07, 6.45) is 3.92. The summed E-state index contributed by atoms with van der Waals surface area (Å²) in [5.74, 6) is 0.0538. The number of ether oxygens (including phenoxy) is 1. The van der Waals surface area contributed by atoms with Crippen LogP contribution in [0, 0.1) is 0 Å². The van der Waals surface area contributed by atoms with E-state index < -0.39 is 12.3 Å². The van der Waals surface area contributed by atoms with Gasteiger partial charge in [-0.05, 0) is 18.1 Å². The lowest BCUT2D eigenvalue weighted by atomic mass is 10.1. The van der Waals surface area contributed by atoms with Crippen molar-refractivity contribution in [2.75, 3.05) is 25.5 Å². The fourth-order valence-electron chi connectivity index (χ4n) is 3.56. The standard InChI is InChI=1S/C21H25N7O4/c22-20-19-21(26-11-25-20)28(12-27-19)18(10-30)32-14(9-29)8-24-17(31)6-5-13-7-23-16-4-2-1-3-15(13)16/h1-4,7,11-12,14,18,23,29-30H,5-6,8-10H2,(H,24,31)(H2,22,25,26)/t14-,18-/m1/s1. The van der Waals surface area contributed by atoms with E-state index >= 15 is 0 Å². The molecule has 3 aromatic heterocycles. The van der Waals surface area contributed by atoms with Crippen molar-refractivity contribution in [3.05, 3.63) is 48.7 Å². The van der Waals surface area contributed by atoms with Crippen molar-refractivity contribution in [3.8, 4) is 0 Å². The summed E-state index contributed by atoms with van der Waals surface area (Å²) in [6.45, 7) is -0.646. The molecule has 0 saturated carbocycles. The van der Waals surface area contributed by atoms with E-state index in [0.29, 0.717) is 24.0 Å². The van der Waals surface area contributed by atoms with Gasteiger partial charge in [0.25, 0.3) is 0 Å². The minimum Gasteiger partial charge on any atom is -0.394 e. The molecule has 11 heteroatoms. The lowest BCUT2D eigenvalue weighted by molar-refractivity contribution is -0.124. The van der Waals surface area contributed by atoms with Crippen LogP contribution in [0.15, 0.2) is 43.1 Å². The zero-order valence-corrected chi connectivity index (χ0v) is 17.3. The van der Waals surface area contributed by atoms with Gasteiger partial charge in [-0.15, -0.1) is 0 Å². The number of anilines is 1. The zero-order valence-electron chi connectivity index (χ0n) is 17.3. The molecule has 1 amide bonds. The number of rotatable bonds is 10. The minimum absolute atomic E-state index is 0.0868. The van der Waals surface area contributed by atoms with Crippen LogP contribution in [0.5, 0.6) is 0 Å². The third-order valence-electron chi connectivity index (χ3n) is 5.23. The maximum absolute atomic E-state index is 12.3. The van der Waals surface area contributed by atoms with E-state index in [1.165, 1.54) is 17.2 Å². The maximum atomic E-state index is 12.3. The average Bonchev–Trinajstić information content (AvgIpc) is 3.43. The number of nitrogens with zero attached hydrogens (tertiary/aromatic N) is 4. The van der Waals surface area contributed by atoms with E-state index in [-0.39, 0.29) is 31.5 Å². The first-order valence-electron chi connectivity index (χ1n) is 10.2. The fourth-order valence-corrected chi connectivity index (χ4v) is 3.56. The Labute approximate surface area is 183 Å². The van der Waals surface area contributed by atoms with Crippen molar-refractivity contribution in [2.24, 2.45) is 0 Å². The van der Waals surface area contributed by atoms with Crippen molar-refractivity contribution in [3.63, 3.8) is 0 Å². The van der Waals surface area contributed by atoms with E-state index in [1.54, 1.807) is 0 Å². The highest BCUT2D eigenvalue weighted by Gasteiger charge is 2.21. The number of amides is 1. The Kier molecular flexibility index (Phi) is 6.59.